The van der Waals surface area contributed by atoms with Crippen LogP contribution in [0.1, 0.15) is 0 Å². The number of nitro benzene ring substituents is 1. The van der Waals surface area contributed by atoms with Gasteiger partial charge in [-0.05, 0) is 12.1 Å². The zero-order valence-corrected chi connectivity index (χ0v) is 10.2. The molecular weight excluding hydrogens is 271 g/mol. The molecule has 0 aliphatic carbocycles. The van der Waals surface area contributed by atoms with Gasteiger partial charge in [0, 0.05) is 11.8 Å². The molecule has 0 saturated heterocycles. The molecule has 0 spiro atoms. The molecule has 0 fully saturated rings. The number of carbonyl (C=O) groups excluding carboxylic acids is 1. The highest BCUT2D eigenvalue weighted by atomic mass is 35.5. The number of hydrogen-bond donors (Lipinski definition) is 1. The van der Waals surface area contributed by atoms with Crippen molar-refractivity contribution in [3.63, 3.8) is 0 Å². The van der Waals surface area contributed by atoms with Gasteiger partial charge in [-0.3, -0.25) is 14.9 Å². The SMILES string of the molecule is COc1ccc(NC(=O)C(Cl)Cl)cc1[N+](=O)[O-]. The fraction of sp³-hybridized carbons (Fsp3) is 0.222. The molecule has 17 heavy (non-hydrogen) atoms. The Bertz CT molecular complexity index is 451. The van der Waals surface area contributed by atoms with Crippen molar-refractivity contribution >= 4 is 40.5 Å². The number of ether oxygens (including phenoxy) is 1. The first-order valence-electron chi connectivity index (χ1n) is 4.37. The number of rotatable bonds is 4. The molecule has 0 atom stereocenters. The second kappa shape index (κ2) is 5.70. The molecule has 0 aliphatic rings. The molecule has 0 bridgehead atoms. The third kappa shape index (κ3) is 3.47. The van der Waals surface area contributed by atoms with Gasteiger partial charge >= 0.3 is 5.69 Å². The lowest BCUT2D eigenvalue weighted by molar-refractivity contribution is -0.385. The molecule has 1 aromatic rings. The van der Waals surface area contributed by atoms with Gasteiger partial charge in [0.05, 0.1) is 12.0 Å². The number of nitrogens with zero attached hydrogens (tertiary/aromatic N) is 1. The number of amides is 1. The van der Waals surface area contributed by atoms with E-state index in [-0.39, 0.29) is 17.1 Å². The van der Waals surface area contributed by atoms with Gasteiger partial charge in [0.1, 0.15) is 0 Å². The summed E-state index contributed by atoms with van der Waals surface area (Å²) in [5, 5.41) is 13.0. The highest BCUT2D eigenvalue weighted by molar-refractivity contribution is 6.54. The molecule has 1 amide bonds. The lowest BCUT2D eigenvalue weighted by Gasteiger charge is -2.07. The molecule has 1 N–H and O–H groups in total. The van der Waals surface area contributed by atoms with Crippen LogP contribution in [0.25, 0.3) is 0 Å². The lowest BCUT2D eigenvalue weighted by atomic mass is 10.2. The summed E-state index contributed by atoms with van der Waals surface area (Å²) >= 11 is 10.7. The summed E-state index contributed by atoms with van der Waals surface area (Å²) in [6.45, 7) is 0. The number of benzene rings is 1. The quantitative estimate of drug-likeness (QED) is 0.521. The summed E-state index contributed by atoms with van der Waals surface area (Å²) in [6, 6.07) is 3.97. The van der Waals surface area contributed by atoms with Gasteiger partial charge in [-0.15, -0.1) is 0 Å². The minimum Gasteiger partial charge on any atom is -0.490 e. The smallest absolute Gasteiger partial charge is 0.312 e. The maximum Gasteiger partial charge on any atom is 0.312 e. The average molecular weight is 279 g/mol. The van der Waals surface area contributed by atoms with Crippen molar-refractivity contribution in [3.8, 4) is 5.75 Å². The van der Waals surface area contributed by atoms with Crippen molar-refractivity contribution in [2.45, 2.75) is 4.84 Å². The minimum absolute atomic E-state index is 0.0984. The zero-order chi connectivity index (χ0) is 13.0. The topological polar surface area (TPSA) is 81.5 Å². The largest absolute Gasteiger partial charge is 0.490 e. The first-order chi connectivity index (χ1) is 7.95. The molecule has 0 unspecified atom stereocenters. The highest BCUT2D eigenvalue weighted by Gasteiger charge is 2.17. The van der Waals surface area contributed by atoms with Crippen molar-refractivity contribution in [3.05, 3.63) is 28.3 Å². The monoisotopic (exact) mass is 278 g/mol. The molecule has 92 valence electrons. The Morgan fingerprint density at radius 2 is 2.18 bits per heavy atom. The van der Waals surface area contributed by atoms with E-state index in [0.29, 0.717) is 0 Å². The summed E-state index contributed by atoms with van der Waals surface area (Å²) in [6.07, 6.45) is 0. The van der Waals surface area contributed by atoms with E-state index >= 15 is 0 Å². The van der Waals surface area contributed by atoms with E-state index in [0.717, 1.165) is 6.07 Å². The Kier molecular flexibility index (Phi) is 4.53. The van der Waals surface area contributed by atoms with Gasteiger partial charge in [-0.25, -0.2) is 0 Å². The molecule has 1 aromatic carbocycles. The van der Waals surface area contributed by atoms with Gasteiger partial charge < -0.3 is 10.1 Å². The Balaban J connectivity index is 3.00. The third-order valence-electron chi connectivity index (χ3n) is 1.84. The normalized spacial score (nSPS) is 10.1. The molecule has 6 nitrogen and oxygen atoms in total. The second-order valence-corrected chi connectivity index (χ2v) is 4.03. The van der Waals surface area contributed by atoms with E-state index in [1.54, 1.807) is 0 Å². The van der Waals surface area contributed by atoms with Crippen LogP contribution in [0, 0.1) is 10.1 Å². The first kappa shape index (κ1) is 13.5. The zero-order valence-electron chi connectivity index (χ0n) is 8.65. The van der Waals surface area contributed by atoms with Crippen LogP contribution in [-0.2, 0) is 4.79 Å². The summed E-state index contributed by atoms with van der Waals surface area (Å²) in [7, 11) is 1.31. The maximum atomic E-state index is 11.2. The van der Waals surface area contributed by atoms with Crippen LogP contribution in [0.5, 0.6) is 5.75 Å². The standard InChI is InChI=1S/C9H8Cl2N2O4/c1-17-7-3-2-5(4-6(7)13(15)16)12-9(14)8(10)11/h2-4,8H,1H3,(H,12,14). The van der Waals surface area contributed by atoms with E-state index in [4.69, 9.17) is 27.9 Å². The van der Waals surface area contributed by atoms with Crippen LogP contribution in [0.4, 0.5) is 11.4 Å². The van der Waals surface area contributed by atoms with Crippen molar-refractivity contribution in [1.82, 2.24) is 0 Å². The van der Waals surface area contributed by atoms with Crippen molar-refractivity contribution in [2.24, 2.45) is 0 Å². The van der Waals surface area contributed by atoms with Gasteiger partial charge in [-0.2, -0.15) is 0 Å². The van der Waals surface area contributed by atoms with Crippen LogP contribution >= 0.6 is 23.2 Å². The molecule has 0 saturated carbocycles. The van der Waals surface area contributed by atoms with E-state index in [2.05, 4.69) is 5.32 Å². The van der Waals surface area contributed by atoms with Gasteiger partial charge in [0.15, 0.2) is 10.6 Å². The average Bonchev–Trinajstić information content (AvgIpc) is 2.28. The molecule has 8 heteroatoms. The van der Waals surface area contributed by atoms with Gasteiger partial charge in [0.25, 0.3) is 5.91 Å². The molecule has 0 radical (unpaired) electrons. The number of carbonyl (C=O) groups is 1. The Labute approximate surface area is 107 Å². The molecule has 1 rings (SSSR count). The highest BCUT2D eigenvalue weighted by Crippen LogP contribution is 2.29. The Morgan fingerprint density at radius 1 is 1.53 bits per heavy atom. The molecular formula is C9H8Cl2N2O4. The number of hydrogen-bond acceptors (Lipinski definition) is 4. The summed E-state index contributed by atoms with van der Waals surface area (Å²) in [4.78, 5) is 20.0. The van der Waals surface area contributed by atoms with Gasteiger partial charge in [0.2, 0.25) is 0 Å². The second-order valence-electron chi connectivity index (χ2n) is 2.93. The maximum absolute atomic E-state index is 11.2. The number of nitro groups is 1. The number of methoxy groups -OCH3 is 1. The molecule has 0 aromatic heterocycles. The Hall–Kier alpha value is -1.53. The fourth-order valence-corrected chi connectivity index (χ4v) is 1.22. The lowest BCUT2D eigenvalue weighted by Crippen LogP contribution is -2.18. The Morgan fingerprint density at radius 3 is 2.65 bits per heavy atom. The van der Waals surface area contributed by atoms with Gasteiger partial charge in [-0.1, -0.05) is 23.2 Å². The molecule has 0 heterocycles. The minimum atomic E-state index is -1.24. The van der Waals surface area contributed by atoms with Crippen LogP contribution in [0.15, 0.2) is 18.2 Å². The third-order valence-corrected chi connectivity index (χ3v) is 2.24. The number of halogens is 2. The van der Waals surface area contributed by atoms with E-state index in [1.807, 2.05) is 0 Å². The molecule has 0 aliphatic heterocycles. The number of anilines is 1. The van der Waals surface area contributed by atoms with Crippen molar-refractivity contribution in [1.29, 1.82) is 0 Å². The predicted octanol–water partition coefficient (Wildman–Crippen LogP) is 2.35. The van der Waals surface area contributed by atoms with Crippen LogP contribution in [0.3, 0.4) is 0 Å². The first-order valence-corrected chi connectivity index (χ1v) is 5.24. The summed E-state index contributed by atoms with van der Waals surface area (Å²) in [5.41, 5.74) is -0.0419. The number of alkyl halides is 2. The summed E-state index contributed by atoms with van der Waals surface area (Å²) in [5.74, 6) is -0.561. The van der Waals surface area contributed by atoms with E-state index in [1.165, 1.54) is 19.2 Å². The summed E-state index contributed by atoms with van der Waals surface area (Å²) < 4.78 is 4.81. The number of nitrogens with one attached hydrogen (secondary N) is 1. The van der Waals surface area contributed by atoms with E-state index in [9.17, 15) is 14.9 Å². The van der Waals surface area contributed by atoms with E-state index < -0.39 is 15.7 Å². The van der Waals surface area contributed by atoms with Crippen LogP contribution < -0.4 is 10.1 Å². The predicted molar refractivity (Wildman–Crippen MR) is 63.8 cm³/mol. The van der Waals surface area contributed by atoms with Crippen LogP contribution in [0.2, 0.25) is 0 Å². The van der Waals surface area contributed by atoms with Crippen molar-refractivity contribution < 1.29 is 14.5 Å². The van der Waals surface area contributed by atoms with Crippen LogP contribution in [-0.4, -0.2) is 22.8 Å². The fourth-order valence-electron chi connectivity index (χ4n) is 1.11. The van der Waals surface area contributed by atoms with Crippen molar-refractivity contribution in [2.75, 3.05) is 12.4 Å².